The van der Waals surface area contributed by atoms with Gasteiger partial charge < -0.3 is 10.4 Å². The molecule has 1 aliphatic rings. The van der Waals surface area contributed by atoms with Crippen molar-refractivity contribution >= 4 is 17.5 Å². The second-order valence-electron chi connectivity index (χ2n) is 5.68. The molecule has 0 spiro atoms. The van der Waals surface area contributed by atoms with Gasteiger partial charge in [-0.25, -0.2) is 0 Å². The summed E-state index contributed by atoms with van der Waals surface area (Å²) in [6, 6.07) is 7.47. The number of aliphatic hydroxyl groups excluding tert-OH is 1. The first-order chi connectivity index (χ1) is 10.2. The van der Waals surface area contributed by atoms with Crippen molar-refractivity contribution in [3.8, 4) is 0 Å². The monoisotopic (exact) mass is 310 g/mol. The molecule has 5 heteroatoms. The Morgan fingerprint density at radius 3 is 2.81 bits per heavy atom. The molecule has 1 fully saturated rings. The number of benzene rings is 1. The SMILES string of the molecule is O=C(CN1CCCCC(CO)C1)NCc1ccc(Cl)cc1. The number of nitrogens with zero attached hydrogens (tertiary/aromatic N) is 1. The number of rotatable bonds is 5. The van der Waals surface area contributed by atoms with Gasteiger partial charge in [0.15, 0.2) is 0 Å². The van der Waals surface area contributed by atoms with Crippen molar-refractivity contribution in [3.63, 3.8) is 0 Å². The number of carbonyl (C=O) groups excluding carboxylic acids is 1. The number of hydrogen-bond acceptors (Lipinski definition) is 3. The van der Waals surface area contributed by atoms with Crippen molar-refractivity contribution in [1.82, 2.24) is 10.2 Å². The van der Waals surface area contributed by atoms with Gasteiger partial charge in [-0.1, -0.05) is 30.2 Å². The summed E-state index contributed by atoms with van der Waals surface area (Å²) >= 11 is 5.83. The Kier molecular flexibility index (Phi) is 6.49. The molecule has 0 saturated carbocycles. The van der Waals surface area contributed by atoms with Crippen LogP contribution in [0.25, 0.3) is 0 Å². The Morgan fingerprint density at radius 2 is 2.10 bits per heavy atom. The van der Waals surface area contributed by atoms with Crippen LogP contribution in [0.4, 0.5) is 0 Å². The van der Waals surface area contributed by atoms with E-state index in [0.29, 0.717) is 24.0 Å². The van der Waals surface area contributed by atoms with E-state index >= 15 is 0 Å². The predicted octanol–water partition coefficient (Wildman–Crippen LogP) is 2.05. The fraction of sp³-hybridized carbons (Fsp3) is 0.562. The lowest BCUT2D eigenvalue weighted by Gasteiger charge is -2.22. The van der Waals surface area contributed by atoms with Crippen LogP contribution in [0.15, 0.2) is 24.3 Å². The third kappa shape index (κ3) is 5.65. The minimum absolute atomic E-state index is 0.0311. The highest BCUT2D eigenvalue weighted by molar-refractivity contribution is 6.30. The predicted molar refractivity (Wildman–Crippen MR) is 84.2 cm³/mol. The summed E-state index contributed by atoms with van der Waals surface area (Å²) in [4.78, 5) is 14.2. The van der Waals surface area contributed by atoms with E-state index < -0.39 is 0 Å². The van der Waals surface area contributed by atoms with Crippen molar-refractivity contribution in [2.75, 3.05) is 26.2 Å². The van der Waals surface area contributed by atoms with Gasteiger partial charge in [-0.05, 0) is 43.0 Å². The normalized spacial score (nSPS) is 20.0. The number of carbonyl (C=O) groups is 1. The van der Waals surface area contributed by atoms with Crippen LogP contribution in [0.3, 0.4) is 0 Å². The quantitative estimate of drug-likeness (QED) is 0.875. The Morgan fingerprint density at radius 1 is 1.33 bits per heavy atom. The van der Waals surface area contributed by atoms with Gasteiger partial charge in [0.05, 0.1) is 6.54 Å². The van der Waals surface area contributed by atoms with Gasteiger partial charge in [-0.3, -0.25) is 9.69 Å². The van der Waals surface area contributed by atoms with Crippen LogP contribution >= 0.6 is 11.6 Å². The zero-order valence-electron chi connectivity index (χ0n) is 12.2. The van der Waals surface area contributed by atoms with E-state index in [2.05, 4.69) is 10.2 Å². The molecule has 1 heterocycles. The summed E-state index contributed by atoms with van der Waals surface area (Å²) in [6.07, 6.45) is 3.29. The minimum atomic E-state index is 0.0311. The molecule has 1 aromatic rings. The maximum atomic E-state index is 12.0. The van der Waals surface area contributed by atoms with Gasteiger partial charge >= 0.3 is 0 Å². The smallest absolute Gasteiger partial charge is 0.234 e. The van der Waals surface area contributed by atoms with Crippen LogP contribution in [0, 0.1) is 5.92 Å². The molecule has 1 atom stereocenters. The van der Waals surface area contributed by atoms with Gasteiger partial charge in [0.2, 0.25) is 5.91 Å². The molecule has 116 valence electrons. The largest absolute Gasteiger partial charge is 0.396 e. The van der Waals surface area contributed by atoms with E-state index in [1.54, 1.807) is 0 Å². The topological polar surface area (TPSA) is 52.6 Å². The molecule has 4 nitrogen and oxygen atoms in total. The average Bonchev–Trinajstić information content (AvgIpc) is 2.72. The molecule has 0 bridgehead atoms. The van der Waals surface area contributed by atoms with E-state index in [4.69, 9.17) is 11.6 Å². The van der Waals surface area contributed by atoms with Crippen LogP contribution < -0.4 is 5.32 Å². The maximum Gasteiger partial charge on any atom is 0.234 e. The molecule has 2 rings (SSSR count). The summed E-state index contributed by atoms with van der Waals surface area (Å²) in [7, 11) is 0. The Balaban J connectivity index is 1.76. The van der Waals surface area contributed by atoms with Crippen molar-refractivity contribution < 1.29 is 9.90 Å². The van der Waals surface area contributed by atoms with Gasteiger partial charge in [0, 0.05) is 24.7 Å². The second kappa shape index (κ2) is 8.37. The third-order valence-electron chi connectivity index (χ3n) is 3.88. The fourth-order valence-corrected chi connectivity index (χ4v) is 2.80. The van der Waals surface area contributed by atoms with Crippen LogP contribution in [0.2, 0.25) is 5.02 Å². The molecule has 21 heavy (non-hydrogen) atoms. The highest BCUT2D eigenvalue weighted by Gasteiger charge is 2.19. The van der Waals surface area contributed by atoms with Gasteiger partial charge in [0.25, 0.3) is 0 Å². The lowest BCUT2D eigenvalue weighted by Crippen LogP contribution is -2.39. The molecule has 1 aliphatic heterocycles. The van der Waals surface area contributed by atoms with Gasteiger partial charge in [-0.2, -0.15) is 0 Å². The minimum Gasteiger partial charge on any atom is -0.396 e. The zero-order valence-corrected chi connectivity index (χ0v) is 13.0. The molecule has 1 aromatic carbocycles. The van der Waals surface area contributed by atoms with Crippen LogP contribution in [-0.4, -0.2) is 42.2 Å². The van der Waals surface area contributed by atoms with Crippen molar-refractivity contribution in [3.05, 3.63) is 34.9 Å². The molecule has 1 unspecified atom stereocenters. The first-order valence-electron chi connectivity index (χ1n) is 7.51. The van der Waals surface area contributed by atoms with E-state index in [1.807, 2.05) is 24.3 Å². The second-order valence-corrected chi connectivity index (χ2v) is 6.12. The molecule has 0 aromatic heterocycles. The lowest BCUT2D eigenvalue weighted by atomic mass is 10.1. The molecule has 1 saturated heterocycles. The lowest BCUT2D eigenvalue weighted by molar-refractivity contribution is -0.122. The zero-order chi connectivity index (χ0) is 15.1. The van der Waals surface area contributed by atoms with Crippen LogP contribution in [-0.2, 0) is 11.3 Å². The van der Waals surface area contributed by atoms with Crippen molar-refractivity contribution in [2.45, 2.75) is 25.8 Å². The van der Waals surface area contributed by atoms with E-state index in [-0.39, 0.29) is 12.5 Å². The van der Waals surface area contributed by atoms with Gasteiger partial charge in [0.1, 0.15) is 0 Å². The summed E-state index contributed by atoms with van der Waals surface area (Å²) in [5.41, 5.74) is 1.04. The number of hydrogen-bond donors (Lipinski definition) is 2. The Bertz CT molecular complexity index is 450. The Hall–Kier alpha value is -1.10. The van der Waals surface area contributed by atoms with Crippen LogP contribution in [0.1, 0.15) is 24.8 Å². The highest BCUT2D eigenvalue weighted by atomic mass is 35.5. The van der Waals surface area contributed by atoms with E-state index in [0.717, 1.165) is 37.9 Å². The van der Waals surface area contributed by atoms with Crippen LogP contribution in [0.5, 0.6) is 0 Å². The summed E-state index contributed by atoms with van der Waals surface area (Å²) in [5, 5.41) is 12.9. The third-order valence-corrected chi connectivity index (χ3v) is 4.13. The highest BCUT2D eigenvalue weighted by Crippen LogP contribution is 2.15. The first kappa shape index (κ1) is 16.3. The summed E-state index contributed by atoms with van der Waals surface area (Å²) < 4.78 is 0. The first-order valence-corrected chi connectivity index (χ1v) is 7.89. The standard InChI is InChI=1S/C16H23ClN2O2/c17-15-6-4-13(5-7-15)9-18-16(21)11-19-8-2-1-3-14(10-19)12-20/h4-7,14,20H,1-3,8-12H2,(H,18,21). The fourth-order valence-electron chi connectivity index (χ4n) is 2.67. The summed E-state index contributed by atoms with van der Waals surface area (Å²) in [5.74, 6) is 0.333. The average molecular weight is 311 g/mol. The number of halogens is 1. The van der Waals surface area contributed by atoms with Gasteiger partial charge in [-0.15, -0.1) is 0 Å². The number of amides is 1. The number of aliphatic hydroxyl groups is 1. The van der Waals surface area contributed by atoms with E-state index in [9.17, 15) is 9.90 Å². The van der Waals surface area contributed by atoms with E-state index in [1.165, 1.54) is 0 Å². The molecule has 2 N–H and O–H groups in total. The maximum absolute atomic E-state index is 12.0. The number of nitrogens with one attached hydrogen (secondary N) is 1. The van der Waals surface area contributed by atoms with Crippen molar-refractivity contribution in [1.29, 1.82) is 0 Å². The summed E-state index contributed by atoms with van der Waals surface area (Å²) in [6.45, 7) is 2.88. The molecule has 0 aliphatic carbocycles. The molecular formula is C16H23ClN2O2. The molecule has 0 radical (unpaired) electrons. The van der Waals surface area contributed by atoms with Crippen molar-refractivity contribution in [2.24, 2.45) is 5.92 Å². The molecular weight excluding hydrogens is 288 g/mol. The number of likely N-dealkylation sites (tertiary alicyclic amines) is 1. The molecule has 1 amide bonds. The Labute approximate surface area is 131 Å².